The number of ketones is 2. The lowest BCUT2D eigenvalue weighted by atomic mass is 9.84. The van der Waals surface area contributed by atoms with E-state index >= 15 is 0 Å². The van der Waals surface area contributed by atoms with Crippen LogP contribution in [0.4, 0.5) is 0 Å². The predicted octanol–water partition coefficient (Wildman–Crippen LogP) is 2.01. The Balaban J connectivity index is 1.62. The van der Waals surface area contributed by atoms with Gasteiger partial charge in [-0.05, 0) is 37.3 Å². The zero-order chi connectivity index (χ0) is 19.1. The van der Waals surface area contributed by atoms with E-state index in [0.717, 1.165) is 5.39 Å². The number of benzene rings is 1. The van der Waals surface area contributed by atoms with Crippen LogP contribution in [-0.2, 0) is 4.79 Å². The average molecular weight is 402 g/mol. The van der Waals surface area contributed by atoms with Crippen LogP contribution in [0.15, 0.2) is 34.7 Å². The highest BCUT2D eigenvalue weighted by molar-refractivity contribution is 7.80. The molecule has 3 N–H and O–H groups in total. The van der Waals surface area contributed by atoms with Gasteiger partial charge >= 0.3 is 0 Å². The molecule has 1 aromatic heterocycles. The van der Waals surface area contributed by atoms with Crippen LogP contribution in [0.2, 0.25) is 0 Å². The molecule has 2 aromatic rings. The summed E-state index contributed by atoms with van der Waals surface area (Å²) >= 11 is 10.2. The molecule has 0 amide bonds. The fourth-order valence-electron chi connectivity index (χ4n) is 3.94. The number of para-hydroxylation sites is 1. The molecule has 0 spiro atoms. The van der Waals surface area contributed by atoms with Crippen molar-refractivity contribution in [2.45, 2.75) is 18.5 Å². The Morgan fingerprint density at radius 2 is 1.96 bits per heavy atom. The van der Waals surface area contributed by atoms with Crippen LogP contribution in [-0.4, -0.2) is 51.8 Å². The van der Waals surface area contributed by atoms with Gasteiger partial charge in [-0.1, -0.05) is 30.4 Å². The molecule has 4 atom stereocenters. The number of Topliss-reactive ketones (excluding diaryl/α,β-unsaturated/α-hetero) is 2. The standard InChI is InChI=1S/C19H18N2O4S2/c22-17(10-5-6-20-15(10)19(24)27)16-14(13(26)8-21-16)18(23)12-7-9-3-1-2-4-11(9)25-12/h1-4,7,10,14-16,20-21H,5-6,8H2,(H,24,27)/t10?,14?,15-,16-/m0/s1. The van der Waals surface area contributed by atoms with E-state index in [-0.39, 0.29) is 22.4 Å². The van der Waals surface area contributed by atoms with Crippen molar-refractivity contribution < 1.29 is 19.1 Å². The van der Waals surface area contributed by atoms with Crippen LogP contribution in [0.25, 0.3) is 11.0 Å². The Hall–Kier alpha value is -2.00. The summed E-state index contributed by atoms with van der Waals surface area (Å²) in [5.74, 6) is -1.50. The van der Waals surface area contributed by atoms with E-state index < -0.39 is 23.9 Å². The van der Waals surface area contributed by atoms with Crippen LogP contribution in [0, 0.1) is 11.8 Å². The second-order valence-corrected chi connectivity index (χ2v) is 7.83. The Kier molecular flexibility index (Phi) is 4.90. The molecule has 4 rings (SSSR count). The van der Waals surface area contributed by atoms with E-state index in [1.807, 2.05) is 18.2 Å². The first-order chi connectivity index (χ1) is 13.0. The van der Waals surface area contributed by atoms with E-state index in [0.29, 0.717) is 30.0 Å². The van der Waals surface area contributed by atoms with Crippen molar-refractivity contribution >= 4 is 56.9 Å². The van der Waals surface area contributed by atoms with Crippen LogP contribution < -0.4 is 10.6 Å². The van der Waals surface area contributed by atoms with Gasteiger partial charge in [-0.3, -0.25) is 9.59 Å². The number of carbonyl (C=O) groups excluding carboxylic acids is 2. The minimum Gasteiger partial charge on any atom is -0.501 e. The monoisotopic (exact) mass is 402 g/mol. The van der Waals surface area contributed by atoms with Crippen LogP contribution in [0.3, 0.4) is 0 Å². The van der Waals surface area contributed by atoms with Gasteiger partial charge in [0.2, 0.25) is 5.78 Å². The molecule has 2 saturated heterocycles. The average Bonchev–Trinajstić information content (AvgIpc) is 3.37. The Morgan fingerprint density at radius 3 is 2.70 bits per heavy atom. The fraction of sp³-hybridized carbons (Fsp3) is 0.368. The Bertz CT molecular complexity index is 921. The SMILES string of the molecule is O=C(c1cc2ccccc2o1)C1C(=S)CN[C@@H]1C(=O)C1CCN[C@@H]1C(O)=S. The van der Waals surface area contributed by atoms with Gasteiger partial charge < -0.3 is 20.2 Å². The van der Waals surface area contributed by atoms with Crippen molar-refractivity contribution in [2.24, 2.45) is 11.8 Å². The van der Waals surface area contributed by atoms with Crippen molar-refractivity contribution in [3.8, 4) is 0 Å². The number of furan rings is 1. The third kappa shape index (κ3) is 3.23. The molecule has 0 aliphatic carbocycles. The molecule has 2 unspecified atom stereocenters. The van der Waals surface area contributed by atoms with Crippen molar-refractivity contribution in [1.29, 1.82) is 0 Å². The lowest BCUT2D eigenvalue weighted by Gasteiger charge is -2.23. The van der Waals surface area contributed by atoms with Gasteiger partial charge in [0, 0.05) is 22.7 Å². The van der Waals surface area contributed by atoms with Gasteiger partial charge in [0.25, 0.3) is 0 Å². The largest absolute Gasteiger partial charge is 0.501 e. The number of hydrogen-bond acceptors (Lipinski definition) is 7. The Labute approximate surface area is 166 Å². The number of thiocarbonyl (C=S) groups is 2. The van der Waals surface area contributed by atoms with Gasteiger partial charge in [0.1, 0.15) is 5.58 Å². The van der Waals surface area contributed by atoms with Crippen LogP contribution in [0.1, 0.15) is 17.0 Å². The third-order valence-corrected chi connectivity index (χ3v) is 5.94. The molecule has 2 fully saturated rings. The number of fused-ring (bicyclic) bond motifs is 1. The molecule has 8 heteroatoms. The maximum atomic E-state index is 13.1. The summed E-state index contributed by atoms with van der Waals surface area (Å²) in [7, 11) is 0. The van der Waals surface area contributed by atoms with Crippen LogP contribution >= 0.6 is 24.4 Å². The molecule has 2 aliphatic heterocycles. The summed E-state index contributed by atoms with van der Waals surface area (Å²) in [5, 5.41) is 16.4. The summed E-state index contributed by atoms with van der Waals surface area (Å²) in [6, 6.07) is 7.73. The minimum absolute atomic E-state index is 0.157. The number of aliphatic hydroxyl groups is 1. The van der Waals surface area contributed by atoms with Gasteiger partial charge in [-0.2, -0.15) is 0 Å². The number of hydrogen-bond donors (Lipinski definition) is 3. The molecule has 0 saturated carbocycles. The summed E-state index contributed by atoms with van der Waals surface area (Å²) in [4.78, 5) is 26.7. The van der Waals surface area contributed by atoms with E-state index in [1.54, 1.807) is 12.1 Å². The summed E-state index contributed by atoms with van der Waals surface area (Å²) in [6.45, 7) is 0.901. The van der Waals surface area contributed by atoms with Crippen molar-refractivity contribution in [1.82, 2.24) is 10.6 Å². The van der Waals surface area contributed by atoms with E-state index in [1.165, 1.54) is 0 Å². The maximum Gasteiger partial charge on any atom is 0.208 e. The van der Waals surface area contributed by atoms with Crippen molar-refractivity contribution in [3.05, 3.63) is 36.1 Å². The normalized spacial score (nSPS) is 27.9. The second kappa shape index (κ2) is 7.20. The van der Waals surface area contributed by atoms with Gasteiger partial charge in [0.15, 0.2) is 16.6 Å². The lowest BCUT2D eigenvalue weighted by molar-refractivity contribution is -0.124. The molecule has 27 heavy (non-hydrogen) atoms. The molecule has 3 heterocycles. The summed E-state index contributed by atoms with van der Waals surface area (Å²) in [5.41, 5.74) is 0.617. The lowest BCUT2D eigenvalue weighted by Crippen LogP contribution is -2.47. The molecule has 2 aliphatic rings. The molecule has 0 bridgehead atoms. The zero-order valence-electron chi connectivity index (χ0n) is 14.3. The number of nitrogens with one attached hydrogen (secondary N) is 2. The van der Waals surface area contributed by atoms with Crippen molar-refractivity contribution in [2.75, 3.05) is 13.1 Å². The number of carbonyl (C=O) groups is 2. The van der Waals surface area contributed by atoms with Crippen molar-refractivity contribution in [3.63, 3.8) is 0 Å². The predicted molar refractivity (Wildman–Crippen MR) is 109 cm³/mol. The number of rotatable bonds is 5. The molecule has 1 aromatic carbocycles. The molecule has 140 valence electrons. The highest BCUT2D eigenvalue weighted by atomic mass is 32.1. The first kappa shape index (κ1) is 18.4. The summed E-state index contributed by atoms with van der Waals surface area (Å²) in [6.07, 6.45) is 0.556. The smallest absolute Gasteiger partial charge is 0.208 e. The van der Waals surface area contributed by atoms with Crippen LogP contribution in [0.5, 0.6) is 0 Å². The minimum atomic E-state index is -0.762. The third-order valence-electron chi connectivity index (χ3n) is 5.29. The second-order valence-electron chi connectivity index (χ2n) is 6.88. The van der Waals surface area contributed by atoms with Gasteiger partial charge in [-0.15, -0.1) is 0 Å². The molecular weight excluding hydrogens is 384 g/mol. The highest BCUT2D eigenvalue weighted by Gasteiger charge is 2.47. The first-order valence-corrected chi connectivity index (χ1v) is 9.58. The quantitative estimate of drug-likeness (QED) is 0.517. The van der Waals surface area contributed by atoms with E-state index in [2.05, 4.69) is 10.6 Å². The molecule has 0 radical (unpaired) electrons. The van der Waals surface area contributed by atoms with E-state index in [9.17, 15) is 14.7 Å². The van der Waals surface area contributed by atoms with Gasteiger partial charge in [0.05, 0.1) is 18.0 Å². The topological polar surface area (TPSA) is 91.6 Å². The Morgan fingerprint density at radius 1 is 1.19 bits per heavy atom. The molecular formula is C19H18N2O4S2. The first-order valence-electron chi connectivity index (χ1n) is 8.76. The van der Waals surface area contributed by atoms with E-state index in [4.69, 9.17) is 28.9 Å². The van der Waals surface area contributed by atoms with Gasteiger partial charge in [-0.25, -0.2) is 0 Å². The fourth-order valence-corrected chi connectivity index (χ4v) is 4.52. The highest BCUT2D eigenvalue weighted by Crippen LogP contribution is 2.29. The maximum absolute atomic E-state index is 13.1. The summed E-state index contributed by atoms with van der Waals surface area (Å²) < 4.78 is 5.68. The molecule has 6 nitrogen and oxygen atoms in total. The number of aliphatic hydroxyl groups excluding tert-OH is 1. The zero-order valence-corrected chi connectivity index (χ0v) is 15.9.